The van der Waals surface area contributed by atoms with Crippen molar-refractivity contribution < 1.29 is 14.3 Å². The summed E-state index contributed by atoms with van der Waals surface area (Å²) in [6.45, 7) is 5.66. The van der Waals surface area contributed by atoms with E-state index in [9.17, 15) is 4.79 Å². The van der Waals surface area contributed by atoms with Crippen molar-refractivity contribution in [1.29, 1.82) is 0 Å². The van der Waals surface area contributed by atoms with Crippen LogP contribution in [0.2, 0.25) is 0 Å². The topological polar surface area (TPSA) is 47.6 Å². The van der Waals surface area contributed by atoms with Gasteiger partial charge in [0.1, 0.15) is 5.76 Å². The van der Waals surface area contributed by atoms with E-state index in [2.05, 4.69) is 11.9 Å². The minimum atomic E-state index is -0.236. The predicted molar refractivity (Wildman–Crippen MR) is 84.7 cm³/mol. The average molecular weight is 289 g/mol. The fraction of sp³-hybridized carbons (Fsp3) is 0.353. The summed E-state index contributed by atoms with van der Waals surface area (Å²) in [4.78, 5) is 10.8. The van der Waals surface area contributed by atoms with Gasteiger partial charge in [0.15, 0.2) is 0 Å². The Morgan fingerprint density at radius 3 is 2.86 bits per heavy atom. The highest BCUT2D eigenvalue weighted by Gasteiger charge is 2.21. The van der Waals surface area contributed by atoms with Crippen molar-refractivity contribution in [2.75, 3.05) is 14.2 Å². The summed E-state index contributed by atoms with van der Waals surface area (Å²) in [6.07, 6.45) is 12.8. The van der Waals surface area contributed by atoms with E-state index in [1.165, 1.54) is 0 Å². The van der Waals surface area contributed by atoms with E-state index in [1.54, 1.807) is 20.3 Å². The third-order valence-electron chi connectivity index (χ3n) is 3.32. The van der Waals surface area contributed by atoms with Gasteiger partial charge in [0.05, 0.1) is 19.3 Å². The summed E-state index contributed by atoms with van der Waals surface area (Å²) in [7, 11) is 3.29. The quantitative estimate of drug-likeness (QED) is 0.552. The van der Waals surface area contributed by atoms with Gasteiger partial charge in [0.25, 0.3) is 0 Å². The summed E-state index contributed by atoms with van der Waals surface area (Å²) >= 11 is 0. The lowest BCUT2D eigenvalue weighted by Gasteiger charge is -2.24. The number of nitrogens with one attached hydrogen (secondary N) is 1. The fourth-order valence-corrected chi connectivity index (χ4v) is 2.02. The number of hydrogen-bond acceptors (Lipinski definition) is 3. The van der Waals surface area contributed by atoms with Crippen molar-refractivity contribution in [2.24, 2.45) is 0 Å². The molecule has 0 aromatic heterocycles. The highest BCUT2D eigenvalue weighted by molar-refractivity contribution is 5.51. The maximum absolute atomic E-state index is 10.8. The molecule has 0 spiro atoms. The molecule has 21 heavy (non-hydrogen) atoms. The molecule has 1 amide bonds. The molecule has 1 rings (SSSR count). The molecule has 0 bridgehead atoms. The van der Waals surface area contributed by atoms with Crippen LogP contribution in [0.15, 0.2) is 59.9 Å². The Morgan fingerprint density at radius 1 is 1.52 bits per heavy atom. The van der Waals surface area contributed by atoms with Crippen molar-refractivity contribution in [2.45, 2.75) is 25.5 Å². The van der Waals surface area contributed by atoms with Crippen LogP contribution in [-0.4, -0.2) is 32.8 Å². The smallest absolute Gasteiger partial charge is 0.207 e. The predicted octanol–water partition coefficient (Wildman–Crippen LogP) is 2.66. The first-order valence-corrected chi connectivity index (χ1v) is 6.81. The number of methoxy groups -OCH3 is 2. The van der Waals surface area contributed by atoms with Crippen LogP contribution in [0.4, 0.5) is 0 Å². The average Bonchev–Trinajstić information content (AvgIpc) is 2.53. The van der Waals surface area contributed by atoms with Crippen molar-refractivity contribution in [3.63, 3.8) is 0 Å². The summed E-state index contributed by atoms with van der Waals surface area (Å²) in [6, 6.07) is -0.236. The van der Waals surface area contributed by atoms with E-state index < -0.39 is 0 Å². The highest BCUT2D eigenvalue weighted by atomic mass is 16.5. The van der Waals surface area contributed by atoms with Gasteiger partial charge in [-0.2, -0.15) is 0 Å². The molecule has 114 valence electrons. The Hall–Kier alpha value is -2.07. The number of hydrogen-bond donors (Lipinski definition) is 1. The van der Waals surface area contributed by atoms with Crippen LogP contribution in [0.1, 0.15) is 13.3 Å². The number of carbonyl (C=O) groups excluding carboxylic acids is 1. The molecule has 2 atom stereocenters. The summed E-state index contributed by atoms with van der Waals surface area (Å²) in [5, 5.41) is 2.79. The van der Waals surface area contributed by atoms with Gasteiger partial charge in [-0.3, -0.25) is 4.79 Å². The lowest BCUT2D eigenvalue weighted by atomic mass is 9.96. The molecule has 0 aromatic rings. The van der Waals surface area contributed by atoms with Gasteiger partial charge < -0.3 is 14.8 Å². The summed E-state index contributed by atoms with van der Waals surface area (Å²) in [5.41, 5.74) is 1.98. The number of rotatable bonds is 8. The zero-order chi connectivity index (χ0) is 15.7. The first kappa shape index (κ1) is 17.0. The second-order valence-electron chi connectivity index (χ2n) is 4.68. The monoisotopic (exact) mass is 289 g/mol. The summed E-state index contributed by atoms with van der Waals surface area (Å²) < 4.78 is 10.7. The van der Waals surface area contributed by atoms with Crippen molar-refractivity contribution in [1.82, 2.24) is 5.32 Å². The SMILES string of the molecule is C=C/C(C)=C\C=C\C(NC=O)C1=C(OC)CC(OC)C=C1. The van der Waals surface area contributed by atoms with E-state index in [4.69, 9.17) is 9.47 Å². The van der Waals surface area contributed by atoms with Gasteiger partial charge in [-0.05, 0) is 6.92 Å². The molecule has 0 saturated carbocycles. The lowest BCUT2D eigenvalue weighted by Crippen LogP contribution is -2.30. The van der Waals surface area contributed by atoms with Crippen molar-refractivity contribution in [3.05, 3.63) is 59.9 Å². The fourth-order valence-electron chi connectivity index (χ4n) is 2.02. The summed E-state index contributed by atoms with van der Waals surface area (Å²) in [5.74, 6) is 0.817. The van der Waals surface area contributed by atoms with Crippen LogP contribution in [0, 0.1) is 0 Å². The number of allylic oxidation sites excluding steroid dienone is 4. The molecule has 1 aliphatic carbocycles. The molecule has 0 aliphatic heterocycles. The maximum atomic E-state index is 10.8. The van der Waals surface area contributed by atoms with Crippen LogP contribution in [0.5, 0.6) is 0 Å². The zero-order valence-electron chi connectivity index (χ0n) is 12.8. The largest absolute Gasteiger partial charge is 0.501 e. The molecule has 0 fully saturated rings. The van der Waals surface area contributed by atoms with Gasteiger partial charge in [-0.15, -0.1) is 0 Å². The van der Waals surface area contributed by atoms with E-state index in [1.807, 2.05) is 37.3 Å². The standard InChI is InChI=1S/C17H23NO3/c1-5-13(2)7-6-8-16(18-12-19)15-10-9-14(20-3)11-17(15)21-4/h5-10,12,14,16H,1,11H2,2-4H3,(H,18,19)/b8-6+,13-7-. The van der Waals surface area contributed by atoms with Crippen LogP contribution in [0.3, 0.4) is 0 Å². The lowest BCUT2D eigenvalue weighted by molar-refractivity contribution is -0.109. The molecule has 0 aromatic carbocycles. The molecule has 4 heteroatoms. The maximum Gasteiger partial charge on any atom is 0.207 e. The number of amides is 1. The minimum absolute atomic E-state index is 0.00691. The van der Waals surface area contributed by atoms with Gasteiger partial charge in [0.2, 0.25) is 6.41 Å². The molecule has 1 N–H and O–H groups in total. The second kappa shape index (κ2) is 8.97. The molecular formula is C17H23NO3. The first-order valence-electron chi connectivity index (χ1n) is 6.81. The molecule has 0 radical (unpaired) electrons. The van der Waals surface area contributed by atoms with Gasteiger partial charge in [-0.25, -0.2) is 0 Å². The normalized spacial score (nSPS) is 20.5. The highest BCUT2D eigenvalue weighted by Crippen LogP contribution is 2.24. The van der Waals surface area contributed by atoms with E-state index >= 15 is 0 Å². The molecular weight excluding hydrogens is 266 g/mol. The van der Waals surface area contributed by atoms with Crippen molar-refractivity contribution in [3.8, 4) is 0 Å². The van der Waals surface area contributed by atoms with Gasteiger partial charge in [0, 0.05) is 19.1 Å². The molecule has 0 saturated heterocycles. The molecule has 2 unspecified atom stereocenters. The van der Waals surface area contributed by atoms with Crippen molar-refractivity contribution >= 4 is 6.41 Å². The number of carbonyl (C=O) groups is 1. The Bertz CT molecular complexity index is 486. The molecule has 1 aliphatic rings. The third kappa shape index (κ3) is 5.08. The Balaban J connectivity index is 2.98. The Kier molecular flexibility index (Phi) is 7.26. The van der Waals surface area contributed by atoms with Gasteiger partial charge >= 0.3 is 0 Å². The minimum Gasteiger partial charge on any atom is -0.501 e. The van der Waals surface area contributed by atoms with Crippen LogP contribution in [0.25, 0.3) is 0 Å². The van der Waals surface area contributed by atoms with Crippen LogP contribution < -0.4 is 5.32 Å². The second-order valence-corrected chi connectivity index (χ2v) is 4.68. The van der Waals surface area contributed by atoms with E-state index in [0.717, 1.165) is 16.9 Å². The first-order chi connectivity index (χ1) is 10.2. The number of ether oxygens (including phenoxy) is 2. The Morgan fingerprint density at radius 2 is 2.29 bits per heavy atom. The van der Waals surface area contributed by atoms with E-state index in [0.29, 0.717) is 12.8 Å². The Labute approximate surface area is 126 Å². The van der Waals surface area contributed by atoms with Crippen LogP contribution in [-0.2, 0) is 14.3 Å². The zero-order valence-corrected chi connectivity index (χ0v) is 12.8. The van der Waals surface area contributed by atoms with Gasteiger partial charge in [-0.1, -0.05) is 48.6 Å². The van der Waals surface area contributed by atoms with E-state index in [-0.39, 0.29) is 12.1 Å². The molecule has 4 nitrogen and oxygen atoms in total. The third-order valence-corrected chi connectivity index (χ3v) is 3.32. The van der Waals surface area contributed by atoms with Crippen LogP contribution >= 0.6 is 0 Å². The molecule has 0 heterocycles.